The van der Waals surface area contributed by atoms with Gasteiger partial charge >= 0.3 is 0 Å². The van der Waals surface area contributed by atoms with Crippen molar-refractivity contribution in [1.29, 1.82) is 0 Å². The maximum atomic E-state index is 5.47. The zero-order valence-electron chi connectivity index (χ0n) is 37.3. The molecule has 0 bridgehead atoms. The number of hydrogen-bond acceptors (Lipinski definition) is 3. The van der Waals surface area contributed by atoms with Gasteiger partial charge in [0.2, 0.25) is 5.95 Å². The number of benzene rings is 10. The van der Waals surface area contributed by atoms with Crippen molar-refractivity contribution >= 4 is 65.4 Å². The van der Waals surface area contributed by atoms with Crippen molar-refractivity contribution in [2.24, 2.45) is 0 Å². The van der Waals surface area contributed by atoms with Crippen molar-refractivity contribution in [3.63, 3.8) is 0 Å². The fourth-order valence-electron chi connectivity index (χ4n) is 10.6. The third kappa shape index (κ3) is 6.23. The summed E-state index contributed by atoms with van der Waals surface area (Å²) in [5.74, 6) is 1.74. The van der Waals surface area contributed by atoms with Gasteiger partial charge in [-0.2, -0.15) is 9.97 Å². The third-order valence-corrected chi connectivity index (χ3v) is 13.7. The number of rotatable bonds is 7. The van der Waals surface area contributed by atoms with Crippen molar-refractivity contribution in [3.8, 4) is 62.4 Å². The molecule has 14 rings (SSSR count). The number of para-hydroxylation sites is 4. The van der Waals surface area contributed by atoms with E-state index >= 15 is 0 Å². The third-order valence-electron chi connectivity index (χ3n) is 13.7. The van der Waals surface area contributed by atoms with Crippen LogP contribution in [0.4, 0.5) is 0 Å². The number of fused-ring (bicyclic) bond motifs is 10. The predicted molar refractivity (Wildman–Crippen MR) is 285 cm³/mol. The van der Waals surface area contributed by atoms with Gasteiger partial charge in [-0.05, 0) is 76.9 Å². The molecule has 0 fully saturated rings. The maximum Gasteiger partial charge on any atom is 0.238 e. The first-order chi connectivity index (χ1) is 34.2. The van der Waals surface area contributed by atoms with Crippen molar-refractivity contribution < 1.29 is 0 Å². The fraction of sp³-hybridized carbons (Fsp3) is 0. The Morgan fingerprint density at radius 3 is 1.19 bits per heavy atom. The second-order valence-corrected chi connectivity index (χ2v) is 17.6. The Balaban J connectivity index is 1.03. The molecular weight excluding hydrogens is 841 g/mol. The van der Waals surface area contributed by atoms with E-state index in [9.17, 15) is 0 Å². The summed E-state index contributed by atoms with van der Waals surface area (Å²) < 4.78 is 7.10. The van der Waals surface area contributed by atoms with Gasteiger partial charge in [-0.1, -0.05) is 188 Å². The van der Waals surface area contributed by atoms with Gasteiger partial charge in [-0.15, -0.1) is 0 Å². The largest absolute Gasteiger partial charge is 0.309 e. The first-order valence-electron chi connectivity index (χ1n) is 23.4. The highest BCUT2D eigenvalue weighted by Crippen LogP contribution is 2.42. The van der Waals surface area contributed by atoms with E-state index in [1.54, 1.807) is 0 Å². The van der Waals surface area contributed by atoms with Gasteiger partial charge in [0.25, 0.3) is 0 Å². The molecule has 0 unspecified atom stereocenters. The lowest BCUT2D eigenvalue weighted by Crippen LogP contribution is -2.07. The molecule has 0 spiro atoms. The zero-order chi connectivity index (χ0) is 45.4. The minimum absolute atomic E-state index is 0.546. The monoisotopic (exact) mass is 880 g/mol. The van der Waals surface area contributed by atoms with Gasteiger partial charge in [-0.25, -0.2) is 4.98 Å². The molecule has 0 radical (unpaired) electrons. The van der Waals surface area contributed by atoms with Crippen LogP contribution >= 0.6 is 0 Å². The number of hydrogen-bond donors (Lipinski definition) is 0. The molecule has 0 aliphatic heterocycles. The first kappa shape index (κ1) is 38.8. The molecule has 0 saturated heterocycles. The van der Waals surface area contributed by atoms with Gasteiger partial charge in [0.1, 0.15) is 0 Å². The quantitative estimate of drug-likeness (QED) is 0.160. The second kappa shape index (κ2) is 15.6. The van der Waals surface area contributed by atoms with E-state index in [2.05, 4.69) is 238 Å². The maximum absolute atomic E-state index is 5.47. The lowest BCUT2D eigenvalue weighted by atomic mass is 9.98. The average Bonchev–Trinajstić information content (AvgIpc) is 4.07. The minimum Gasteiger partial charge on any atom is -0.309 e. The summed E-state index contributed by atoms with van der Waals surface area (Å²) in [5, 5.41) is 7.02. The average molecular weight is 881 g/mol. The first-order valence-corrected chi connectivity index (χ1v) is 23.4. The lowest BCUT2D eigenvalue weighted by Gasteiger charge is -2.15. The van der Waals surface area contributed by atoms with Crippen LogP contribution in [0.2, 0.25) is 0 Å². The fourth-order valence-corrected chi connectivity index (χ4v) is 10.6. The molecule has 322 valence electrons. The molecular formula is C63H40N6. The van der Waals surface area contributed by atoms with Crippen LogP contribution < -0.4 is 0 Å². The van der Waals surface area contributed by atoms with Gasteiger partial charge < -0.3 is 9.13 Å². The van der Waals surface area contributed by atoms with Crippen LogP contribution in [-0.2, 0) is 0 Å². The van der Waals surface area contributed by atoms with Gasteiger partial charge in [0, 0.05) is 54.8 Å². The van der Waals surface area contributed by atoms with Crippen molar-refractivity contribution in [1.82, 2.24) is 28.7 Å². The molecule has 10 aromatic carbocycles. The summed E-state index contributed by atoms with van der Waals surface area (Å²) in [7, 11) is 0. The Labute approximate surface area is 397 Å². The highest BCUT2D eigenvalue weighted by atomic mass is 15.2. The van der Waals surface area contributed by atoms with Crippen LogP contribution in [0.3, 0.4) is 0 Å². The number of aromatic nitrogens is 6. The Morgan fingerprint density at radius 2 is 0.609 bits per heavy atom. The highest BCUT2D eigenvalue weighted by molar-refractivity contribution is 6.23. The predicted octanol–water partition coefficient (Wildman–Crippen LogP) is 15.8. The number of nitrogens with zero attached hydrogens (tertiary/aromatic N) is 6. The Kier molecular flexibility index (Phi) is 8.79. The lowest BCUT2D eigenvalue weighted by molar-refractivity contribution is 0.953. The second-order valence-electron chi connectivity index (χ2n) is 17.6. The molecule has 0 saturated carbocycles. The van der Waals surface area contributed by atoms with Crippen LogP contribution in [0.1, 0.15) is 0 Å². The van der Waals surface area contributed by atoms with Gasteiger partial charge in [-0.3, -0.25) is 4.57 Å². The van der Waals surface area contributed by atoms with E-state index in [-0.39, 0.29) is 0 Å². The SMILES string of the molecule is c1ccc(-c2cccc(-c3cccc(-c4nc(-c5ccccc5)nc(-n5c6ccccc6c6ccc7c8ccccc8n(-c8cccc(-n9c%10ccccc%10c%10ccccc%109)c8)c7c65)n4)c3)c2)cc1. The zero-order valence-corrected chi connectivity index (χ0v) is 37.3. The van der Waals surface area contributed by atoms with E-state index in [4.69, 9.17) is 15.0 Å². The van der Waals surface area contributed by atoms with E-state index in [1.165, 1.54) is 38.3 Å². The van der Waals surface area contributed by atoms with Crippen LogP contribution in [0, 0.1) is 0 Å². The van der Waals surface area contributed by atoms with Crippen LogP contribution in [0.25, 0.3) is 128 Å². The highest BCUT2D eigenvalue weighted by Gasteiger charge is 2.24. The molecule has 0 aliphatic rings. The molecule has 0 aliphatic carbocycles. The molecule has 69 heavy (non-hydrogen) atoms. The van der Waals surface area contributed by atoms with Crippen molar-refractivity contribution in [3.05, 3.63) is 243 Å². The summed E-state index contributed by atoms with van der Waals surface area (Å²) >= 11 is 0. The molecule has 4 aromatic heterocycles. The Hall–Kier alpha value is -9.39. The summed E-state index contributed by atoms with van der Waals surface area (Å²) in [6.45, 7) is 0. The van der Waals surface area contributed by atoms with Crippen LogP contribution in [-0.4, -0.2) is 28.7 Å². The molecule has 6 heteroatoms. The van der Waals surface area contributed by atoms with E-state index in [0.717, 1.165) is 71.9 Å². The van der Waals surface area contributed by atoms with Crippen LogP contribution in [0.15, 0.2) is 243 Å². The summed E-state index contributed by atoms with van der Waals surface area (Å²) in [6, 6.07) is 86.3. The molecule has 0 atom stereocenters. The standard InChI is InChI=1S/C63H40N6/c1-3-18-41(19-4-1)43-22-15-23-44(38-43)45-24-16-25-46(39-45)62-64-61(42-20-5-2-6-21-42)65-63(66-62)69-58-35-14-10-31-52(58)54-37-36-53-51-30-9-13-34-57(51)68(59(53)60(54)69)48-27-17-26-47(40-48)67-55-32-11-7-28-49(55)50-29-8-12-33-56(50)67/h1-40H. The van der Waals surface area contributed by atoms with E-state index in [1.807, 2.05) is 18.2 Å². The Bertz CT molecular complexity index is 4260. The molecule has 6 nitrogen and oxygen atoms in total. The normalized spacial score (nSPS) is 11.8. The molecule has 14 aromatic rings. The van der Waals surface area contributed by atoms with Crippen molar-refractivity contribution in [2.75, 3.05) is 0 Å². The summed E-state index contributed by atoms with van der Waals surface area (Å²) in [6.07, 6.45) is 0. The van der Waals surface area contributed by atoms with Gasteiger partial charge in [0.15, 0.2) is 11.6 Å². The van der Waals surface area contributed by atoms with E-state index in [0.29, 0.717) is 17.6 Å². The molecule has 4 heterocycles. The molecule has 0 N–H and O–H groups in total. The minimum atomic E-state index is 0.546. The van der Waals surface area contributed by atoms with Crippen LogP contribution in [0.5, 0.6) is 0 Å². The topological polar surface area (TPSA) is 53.5 Å². The Morgan fingerprint density at radius 1 is 0.232 bits per heavy atom. The van der Waals surface area contributed by atoms with Gasteiger partial charge in [0.05, 0.1) is 33.1 Å². The van der Waals surface area contributed by atoms with Crippen molar-refractivity contribution in [2.45, 2.75) is 0 Å². The summed E-state index contributed by atoms with van der Waals surface area (Å²) in [4.78, 5) is 16.1. The summed E-state index contributed by atoms with van der Waals surface area (Å²) in [5.41, 5.74) is 15.1. The smallest absolute Gasteiger partial charge is 0.238 e. The van der Waals surface area contributed by atoms with E-state index < -0.39 is 0 Å². The molecule has 0 amide bonds.